The minimum absolute atomic E-state index is 0.238. The third-order valence-electron chi connectivity index (χ3n) is 3.22. The van der Waals surface area contributed by atoms with Crippen LogP contribution < -0.4 is 5.32 Å². The zero-order valence-corrected chi connectivity index (χ0v) is 10.6. The van der Waals surface area contributed by atoms with E-state index in [-0.39, 0.29) is 12.1 Å². The van der Waals surface area contributed by atoms with Crippen LogP contribution in [0.1, 0.15) is 46.0 Å². The van der Waals surface area contributed by atoms with Gasteiger partial charge in [-0.05, 0) is 32.6 Å². The predicted molar refractivity (Wildman–Crippen MR) is 64.9 cm³/mol. The third-order valence-corrected chi connectivity index (χ3v) is 3.22. The molecule has 0 aliphatic carbocycles. The number of aliphatic carboxylic acids is 1. The lowest BCUT2D eigenvalue weighted by atomic mass is 9.99. The highest BCUT2D eigenvalue weighted by Crippen LogP contribution is 2.20. The summed E-state index contributed by atoms with van der Waals surface area (Å²) in [6, 6.07) is -0.792. The summed E-state index contributed by atoms with van der Waals surface area (Å²) in [5.41, 5.74) is 0. The molecule has 2 amide bonds. The summed E-state index contributed by atoms with van der Waals surface area (Å²) >= 11 is 0. The van der Waals surface area contributed by atoms with Crippen LogP contribution in [0.2, 0.25) is 0 Å². The Morgan fingerprint density at radius 1 is 1.47 bits per heavy atom. The Balaban J connectivity index is 2.55. The molecule has 2 N–H and O–H groups in total. The van der Waals surface area contributed by atoms with Crippen molar-refractivity contribution in [3.8, 4) is 0 Å². The highest BCUT2D eigenvalue weighted by Gasteiger charge is 2.27. The molecule has 98 valence electrons. The third kappa shape index (κ3) is 3.91. The van der Waals surface area contributed by atoms with E-state index in [2.05, 4.69) is 12.2 Å². The van der Waals surface area contributed by atoms with Crippen LogP contribution in [-0.2, 0) is 4.79 Å². The Labute approximate surface area is 102 Å². The molecule has 0 radical (unpaired) electrons. The van der Waals surface area contributed by atoms with Gasteiger partial charge in [-0.15, -0.1) is 0 Å². The largest absolute Gasteiger partial charge is 0.480 e. The molecule has 17 heavy (non-hydrogen) atoms. The van der Waals surface area contributed by atoms with Crippen LogP contribution >= 0.6 is 0 Å². The van der Waals surface area contributed by atoms with Gasteiger partial charge in [-0.25, -0.2) is 4.79 Å². The molecular weight excluding hydrogens is 220 g/mol. The van der Waals surface area contributed by atoms with Crippen LogP contribution in [0.15, 0.2) is 0 Å². The van der Waals surface area contributed by atoms with Gasteiger partial charge >= 0.3 is 12.0 Å². The van der Waals surface area contributed by atoms with E-state index in [0.29, 0.717) is 0 Å². The fourth-order valence-corrected chi connectivity index (χ4v) is 2.23. The second-order valence-corrected chi connectivity index (χ2v) is 4.64. The Kier molecular flexibility index (Phi) is 5.25. The van der Waals surface area contributed by atoms with Gasteiger partial charge in [0.05, 0.1) is 0 Å². The zero-order chi connectivity index (χ0) is 12.8. The van der Waals surface area contributed by atoms with Crippen LogP contribution in [0.4, 0.5) is 4.79 Å². The van der Waals surface area contributed by atoms with Gasteiger partial charge in [0.15, 0.2) is 0 Å². The molecule has 0 spiro atoms. The van der Waals surface area contributed by atoms with Gasteiger partial charge in [0.1, 0.15) is 6.04 Å². The van der Waals surface area contributed by atoms with Crippen LogP contribution in [0.25, 0.3) is 0 Å². The van der Waals surface area contributed by atoms with Gasteiger partial charge in [-0.1, -0.05) is 13.3 Å². The van der Waals surface area contributed by atoms with Gasteiger partial charge in [0.25, 0.3) is 0 Å². The lowest BCUT2D eigenvalue weighted by Crippen LogP contribution is -2.52. The summed E-state index contributed by atoms with van der Waals surface area (Å²) < 4.78 is 0. The average molecular weight is 242 g/mol. The highest BCUT2D eigenvalue weighted by molar-refractivity contribution is 5.82. The molecule has 1 aliphatic heterocycles. The summed E-state index contributed by atoms with van der Waals surface area (Å²) in [6.07, 6.45) is 5.23. The van der Waals surface area contributed by atoms with Gasteiger partial charge in [-0.3, -0.25) is 4.79 Å². The lowest BCUT2D eigenvalue weighted by Gasteiger charge is -2.36. The molecule has 1 aliphatic rings. The molecule has 0 aromatic rings. The van der Waals surface area contributed by atoms with Crippen molar-refractivity contribution in [1.29, 1.82) is 0 Å². The predicted octanol–water partition coefficient (Wildman–Crippen LogP) is 1.82. The van der Waals surface area contributed by atoms with Crippen molar-refractivity contribution in [2.75, 3.05) is 6.54 Å². The van der Waals surface area contributed by atoms with Crippen molar-refractivity contribution in [3.63, 3.8) is 0 Å². The molecule has 1 unspecified atom stereocenters. The van der Waals surface area contributed by atoms with E-state index >= 15 is 0 Å². The maximum absolute atomic E-state index is 11.9. The number of nitrogens with one attached hydrogen (secondary N) is 1. The Bertz CT molecular complexity index is 279. The number of nitrogens with zero attached hydrogens (tertiary/aromatic N) is 1. The molecule has 1 saturated heterocycles. The first kappa shape index (κ1) is 13.8. The monoisotopic (exact) mass is 242 g/mol. The van der Waals surface area contributed by atoms with Crippen molar-refractivity contribution in [1.82, 2.24) is 10.2 Å². The van der Waals surface area contributed by atoms with Crippen molar-refractivity contribution in [2.45, 2.75) is 58.0 Å². The first-order valence-corrected chi connectivity index (χ1v) is 6.36. The normalized spacial score (nSPS) is 22.0. The van der Waals surface area contributed by atoms with Crippen molar-refractivity contribution in [3.05, 3.63) is 0 Å². The summed E-state index contributed by atoms with van der Waals surface area (Å²) in [4.78, 5) is 24.4. The first-order valence-electron chi connectivity index (χ1n) is 6.36. The number of likely N-dealkylation sites (tertiary alicyclic amines) is 1. The number of hydrogen-bond donors (Lipinski definition) is 2. The molecule has 1 rings (SSSR count). The lowest BCUT2D eigenvalue weighted by molar-refractivity contribution is -0.138. The van der Waals surface area contributed by atoms with E-state index in [4.69, 9.17) is 5.11 Å². The number of carbonyl (C=O) groups excluding carboxylic acids is 1. The number of urea groups is 1. The van der Waals surface area contributed by atoms with E-state index in [9.17, 15) is 9.59 Å². The topological polar surface area (TPSA) is 69.6 Å². The van der Waals surface area contributed by atoms with Crippen molar-refractivity contribution in [2.24, 2.45) is 0 Å². The molecule has 1 heterocycles. The molecule has 0 bridgehead atoms. The van der Waals surface area contributed by atoms with Gasteiger partial charge in [-0.2, -0.15) is 0 Å². The van der Waals surface area contributed by atoms with Gasteiger partial charge in [0.2, 0.25) is 0 Å². The number of carbonyl (C=O) groups is 2. The minimum Gasteiger partial charge on any atom is -0.480 e. The standard InChI is InChI=1S/C12H22N2O3/c1-3-6-10-7-4-5-8-14(10)12(17)13-9(2)11(15)16/h9-10H,3-8H2,1-2H3,(H,13,17)(H,15,16)/t9-,10?/m1/s1. The quantitative estimate of drug-likeness (QED) is 0.790. The molecule has 5 nitrogen and oxygen atoms in total. The van der Waals surface area contributed by atoms with E-state index < -0.39 is 12.0 Å². The second kappa shape index (κ2) is 6.47. The number of rotatable bonds is 4. The summed E-state index contributed by atoms with van der Waals surface area (Å²) in [5.74, 6) is -0.998. The minimum atomic E-state index is -0.998. The van der Waals surface area contributed by atoms with Crippen LogP contribution in [0.5, 0.6) is 0 Å². The van der Waals surface area contributed by atoms with Gasteiger partial charge < -0.3 is 15.3 Å². The maximum atomic E-state index is 11.9. The average Bonchev–Trinajstić information content (AvgIpc) is 2.29. The molecule has 5 heteroatoms. The molecule has 0 saturated carbocycles. The van der Waals surface area contributed by atoms with E-state index in [0.717, 1.165) is 38.6 Å². The highest BCUT2D eigenvalue weighted by atomic mass is 16.4. The van der Waals surface area contributed by atoms with E-state index in [1.165, 1.54) is 6.92 Å². The second-order valence-electron chi connectivity index (χ2n) is 4.64. The summed E-state index contributed by atoms with van der Waals surface area (Å²) in [5, 5.41) is 11.3. The van der Waals surface area contributed by atoms with E-state index in [1.54, 1.807) is 4.90 Å². The maximum Gasteiger partial charge on any atom is 0.325 e. The fraction of sp³-hybridized carbons (Fsp3) is 0.833. The molecule has 2 atom stereocenters. The Morgan fingerprint density at radius 2 is 2.18 bits per heavy atom. The van der Waals surface area contributed by atoms with Crippen LogP contribution in [0.3, 0.4) is 0 Å². The summed E-state index contributed by atoms with van der Waals surface area (Å²) in [6.45, 7) is 4.33. The molecule has 0 aromatic heterocycles. The molecule has 1 fully saturated rings. The molecule has 0 aromatic carbocycles. The number of carboxylic acids is 1. The fourth-order valence-electron chi connectivity index (χ4n) is 2.23. The van der Waals surface area contributed by atoms with Crippen molar-refractivity contribution >= 4 is 12.0 Å². The Morgan fingerprint density at radius 3 is 2.76 bits per heavy atom. The van der Waals surface area contributed by atoms with Crippen LogP contribution in [-0.4, -0.2) is 40.6 Å². The number of hydrogen-bond acceptors (Lipinski definition) is 2. The summed E-state index contributed by atoms with van der Waals surface area (Å²) in [7, 11) is 0. The Hall–Kier alpha value is -1.26. The number of piperidine rings is 1. The number of amides is 2. The van der Waals surface area contributed by atoms with E-state index in [1.807, 2.05) is 0 Å². The van der Waals surface area contributed by atoms with Crippen molar-refractivity contribution < 1.29 is 14.7 Å². The molecular formula is C12H22N2O3. The number of carboxylic acid groups (broad SMARTS) is 1. The SMILES string of the molecule is CCCC1CCCCN1C(=O)N[C@H](C)C(=O)O. The smallest absolute Gasteiger partial charge is 0.325 e. The van der Waals surface area contributed by atoms with Gasteiger partial charge in [0, 0.05) is 12.6 Å². The first-order chi connectivity index (χ1) is 8.06. The zero-order valence-electron chi connectivity index (χ0n) is 10.6. The van der Waals surface area contributed by atoms with Crippen LogP contribution in [0, 0.1) is 0 Å².